The number of methoxy groups -OCH3 is 1. The summed E-state index contributed by atoms with van der Waals surface area (Å²) in [7, 11) is 1.64. The SMILES string of the molecule is COc1ccc(OCCSCC(=O)NC2CCC(C)CC2)cc1. The van der Waals surface area contributed by atoms with E-state index in [0.717, 1.165) is 36.0 Å². The third-order valence-corrected chi connectivity index (χ3v) is 5.09. The molecular formula is C18H27NO3S. The number of amides is 1. The van der Waals surface area contributed by atoms with Gasteiger partial charge in [-0.05, 0) is 55.9 Å². The lowest BCUT2D eigenvalue weighted by Crippen LogP contribution is -2.38. The number of carbonyl (C=O) groups excluding carboxylic acids is 1. The van der Waals surface area contributed by atoms with E-state index in [1.807, 2.05) is 24.3 Å². The summed E-state index contributed by atoms with van der Waals surface area (Å²) in [6, 6.07) is 7.91. The third kappa shape index (κ3) is 6.73. The highest BCUT2D eigenvalue weighted by atomic mass is 32.2. The van der Waals surface area contributed by atoms with Crippen LogP contribution in [0.3, 0.4) is 0 Å². The van der Waals surface area contributed by atoms with Gasteiger partial charge in [0.1, 0.15) is 11.5 Å². The molecule has 0 aromatic heterocycles. The Morgan fingerprint density at radius 2 is 1.83 bits per heavy atom. The Morgan fingerprint density at radius 3 is 2.48 bits per heavy atom. The van der Waals surface area contributed by atoms with Crippen LogP contribution in [0.25, 0.3) is 0 Å². The van der Waals surface area contributed by atoms with Crippen molar-refractivity contribution < 1.29 is 14.3 Å². The fourth-order valence-corrected chi connectivity index (χ4v) is 3.34. The number of thioether (sulfide) groups is 1. The molecule has 1 N–H and O–H groups in total. The minimum Gasteiger partial charge on any atom is -0.497 e. The molecule has 0 saturated heterocycles. The smallest absolute Gasteiger partial charge is 0.230 e. The third-order valence-electron chi connectivity index (χ3n) is 4.17. The van der Waals surface area contributed by atoms with Gasteiger partial charge in [0, 0.05) is 11.8 Å². The molecule has 1 amide bonds. The van der Waals surface area contributed by atoms with E-state index in [1.54, 1.807) is 18.9 Å². The van der Waals surface area contributed by atoms with E-state index >= 15 is 0 Å². The van der Waals surface area contributed by atoms with Gasteiger partial charge in [0.05, 0.1) is 19.5 Å². The van der Waals surface area contributed by atoms with Crippen molar-refractivity contribution in [3.63, 3.8) is 0 Å². The highest BCUT2D eigenvalue weighted by Crippen LogP contribution is 2.23. The minimum absolute atomic E-state index is 0.152. The molecule has 0 bridgehead atoms. The van der Waals surface area contributed by atoms with Crippen molar-refractivity contribution >= 4 is 17.7 Å². The van der Waals surface area contributed by atoms with E-state index in [4.69, 9.17) is 9.47 Å². The zero-order chi connectivity index (χ0) is 16.5. The van der Waals surface area contributed by atoms with Gasteiger partial charge in [-0.15, -0.1) is 11.8 Å². The maximum atomic E-state index is 11.9. The summed E-state index contributed by atoms with van der Waals surface area (Å²) in [4.78, 5) is 11.9. The summed E-state index contributed by atoms with van der Waals surface area (Å²) in [6.45, 7) is 2.89. The first-order chi connectivity index (χ1) is 11.2. The van der Waals surface area contributed by atoms with E-state index in [0.29, 0.717) is 18.4 Å². The van der Waals surface area contributed by atoms with Crippen LogP contribution in [-0.4, -0.2) is 37.2 Å². The molecule has 0 aliphatic heterocycles. The number of hydrogen-bond donors (Lipinski definition) is 1. The molecule has 1 aliphatic carbocycles. The van der Waals surface area contributed by atoms with Crippen molar-refractivity contribution in [2.75, 3.05) is 25.2 Å². The summed E-state index contributed by atoms with van der Waals surface area (Å²) < 4.78 is 10.7. The van der Waals surface area contributed by atoms with Crippen molar-refractivity contribution in [1.82, 2.24) is 5.32 Å². The first kappa shape index (κ1) is 18.0. The van der Waals surface area contributed by atoms with Crippen LogP contribution in [0, 0.1) is 5.92 Å². The second-order valence-corrected chi connectivity index (χ2v) is 7.21. The molecule has 5 heteroatoms. The summed E-state index contributed by atoms with van der Waals surface area (Å²) in [6.07, 6.45) is 4.71. The lowest BCUT2D eigenvalue weighted by Gasteiger charge is -2.26. The van der Waals surface area contributed by atoms with Crippen LogP contribution in [0.4, 0.5) is 0 Å². The Kier molecular flexibility index (Phi) is 7.59. The van der Waals surface area contributed by atoms with Gasteiger partial charge >= 0.3 is 0 Å². The van der Waals surface area contributed by atoms with Crippen molar-refractivity contribution in [2.24, 2.45) is 5.92 Å². The number of benzene rings is 1. The number of carbonyl (C=O) groups is 1. The first-order valence-corrected chi connectivity index (χ1v) is 9.47. The minimum atomic E-state index is 0.152. The topological polar surface area (TPSA) is 47.6 Å². The molecule has 0 radical (unpaired) electrons. The molecule has 0 spiro atoms. The lowest BCUT2D eigenvalue weighted by atomic mass is 9.87. The van der Waals surface area contributed by atoms with Crippen LogP contribution >= 0.6 is 11.8 Å². The number of ether oxygens (including phenoxy) is 2. The second kappa shape index (κ2) is 9.71. The van der Waals surface area contributed by atoms with E-state index in [2.05, 4.69) is 12.2 Å². The highest BCUT2D eigenvalue weighted by Gasteiger charge is 2.19. The largest absolute Gasteiger partial charge is 0.497 e. The van der Waals surface area contributed by atoms with Crippen molar-refractivity contribution in [3.05, 3.63) is 24.3 Å². The Morgan fingerprint density at radius 1 is 1.17 bits per heavy atom. The number of hydrogen-bond acceptors (Lipinski definition) is 4. The van der Waals surface area contributed by atoms with Crippen LogP contribution in [0.15, 0.2) is 24.3 Å². The van der Waals surface area contributed by atoms with Crippen LogP contribution in [0.1, 0.15) is 32.6 Å². The zero-order valence-corrected chi connectivity index (χ0v) is 14.9. The van der Waals surface area contributed by atoms with Crippen molar-refractivity contribution in [3.8, 4) is 11.5 Å². The fourth-order valence-electron chi connectivity index (χ4n) is 2.73. The van der Waals surface area contributed by atoms with Crippen molar-refractivity contribution in [2.45, 2.75) is 38.6 Å². The van der Waals surface area contributed by atoms with E-state index in [-0.39, 0.29) is 5.91 Å². The van der Waals surface area contributed by atoms with Crippen LogP contribution in [-0.2, 0) is 4.79 Å². The molecule has 1 saturated carbocycles. The van der Waals surface area contributed by atoms with E-state index in [1.165, 1.54) is 12.8 Å². The predicted octanol–water partition coefficient (Wildman–Crippen LogP) is 3.50. The normalized spacial score (nSPS) is 20.8. The maximum Gasteiger partial charge on any atom is 0.230 e. The Balaban J connectivity index is 1.53. The van der Waals surface area contributed by atoms with Gasteiger partial charge < -0.3 is 14.8 Å². The molecule has 1 fully saturated rings. The quantitative estimate of drug-likeness (QED) is 0.738. The van der Waals surface area contributed by atoms with Crippen molar-refractivity contribution in [1.29, 1.82) is 0 Å². The highest BCUT2D eigenvalue weighted by molar-refractivity contribution is 7.99. The van der Waals surface area contributed by atoms with Crippen LogP contribution < -0.4 is 14.8 Å². The summed E-state index contributed by atoms with van der Waals surface area (Å²) in [5, 5.41) is 3.15. The molecule has 1 aromatic rings. The maximum absolute atomic E-state index is 11.9. The predicted molar refractivity (Wildman–Crippen MR) is 95.4 cm³/mol. The molecule has 0 unspecified atom stereocenters. The molecule has 128 valence electrons. The molecule has 23 heavy (non-hydrogen) atoms. The molecular weight excluding hydrogens is 310 g/mol. The van der Waals surface area contributed by atoms with Gasteiger partial charge in [-0.1, -0.05) is 6.92 Å². The van der Waals surface area contributed by atoms with Gasteiger partial charge in [0.25, 0.3) is 0 Å². The molecule has 1 aliphatic rings. The van der Waals surface area contributed by atoms with Crippen LogP contribution in [0.2, 0.25) is 0 Å². The monoisotopic (exact) mass is 337 g/mol. The Hall–Kier alpha value is -1.36. The first-order valence-electron chi connectivity index (χ1n) is 8.31. The second-order valence-electron chi connectivity index (χ2n) is 6.10. The van der Waals surface area contributed by atoms with E-state index < -0.39 is 0 Å². The van der Waals surface area contributed by atoms with Gasteiger partial charge in [-0.25, -0.2) is 0 Å². The van der Waals surface area contributed by atoms with E-state index in [9.17, 15) is 4.79 Å². The number of rotatable bonds is 8. The van der Waals surface area contributed by atoms with Crippen LogP contribution in [0.5, 0.6) is 11.5 Å². The Bertz CT molecular complexity index is 470. The Labute approximate surface area is 143 Å². The summed E-state index contributed by atoms with van der Waals surface area (Å²) >= 11 is 1.62. The molecule has 0 heterocycles. The number of nitrogens with one attached hydrogen (secondary N) is 1. The van der Waals surface area contributed by atoms with Gasteiger partial charge in [-0.2, -0.15) is 0 Å². The summed E-state index contributed by atoms with van der Waals surface area (Å²) in [5.41, 5.74) is 0. The lowest BCUT2D eigenvalue weighted by molar-refractivity contribution is -0.119. The average Bonchev–Trinajstić information content (AvgIpc) is 2.57. The standard InChI is InChI=1S/C18H27NO3S/c1-14-3-5-15(6-4-14)19-18(20)13-23-12-11-22-17-9-7-16(21-2)8-10-17/h7-10,14-15H,3-6,11-13H2,1-2H3,(H,19,20). The molecule has 1 aromatic carbocycles. The molecule has 2 rings (SSSR count). The van der Waals surface area contributed by atoms with Gasteiger partial charge in [-0.3, -0.25) is 4.79 Å². The zero-order valence-electron chi connectivity index (χ0n) is 14.0. The summed E-state index contributed by atoms with van der Waals surface area (Å²) in [5.74, 6) is 3.93. The molecule has 0 atom stereocenters. The molecule has 4 nitrogen and oxygen atoms in total. The van der Waals surface area contributed by atoms with Gasteiger partial charge in [0.2, 0.25) is 5.91 Å². The average molecular weight is 337 g/mol. The fraction of sp³-hybridized carbons (Fsp3) is 0.611. The van der Waals surface area contributed by atoms with Gasteiger partial charge in [0.15, 0.2) is 0 Å².